The van der Waals surface area contributed by atoms with Crippen LogP contribution < -0.4 is 18.9 Å². The van der Waals surface area contributed by atoms with Crippen LogP contribution in [-0.4, -0.2) is 76.2 Å². The van der Waals surface area contributed by atoms with E-state index in [4.69, 9.17) is 18.9 Å². The first kappa shape index (κ1) is 38.3. The molecule has 53 heavy (non-hydrogen) atoms. The van der Waals surface area contributed by atoms with Gasteiger partial charge in [-0.1, -0.05) is 71.3 Å². The second-order valence-corrected chi connectivity index (χ2v) is 16.2. The van der Waals surface area contributed by atoms with E-state index in [0.717, 1.165) is 85.6 Å². The molecular weight excluding hydrogens is 665 g/mol. The van der Waals surface area contributed by atoms with Crippen LogP contribution in [0.1, 0.15) is 94.9 Å². The summed E-state index contributed by atoms with van der Waals surface area (Å²) >= 11 is 0. The number of hydrogen-bond acceptors (Lipinski definition) is 6. The zero-order valence-electron chi connectivity index (χ0n) is 33.1. The molecule has 2 aromatic carbocycles. The van der Waals surface area contributed by atoms with E-state index in [-0.39, 0.29) is 22.6 Å². The highest BCUT2D eigenvalue weighted by molar-refractivity contribution is 5.90. The summed E-state index contributed by atoms with van der Waals surface area (Å²) in [5, 5.41) is 0. The number of piperidine rings is 2. The highest BCUT2D eigenvalue weighted by atomic mass is 16.5. The molecule has 2 heterocycles. The zero-order chi connectivity index (χ0) is 37.9. The summed E-state index contributed by atoms with van der Waals surface area (Å²) in [6.07, 6.45) is 19.7. The minimum absolute atomic E-state index is 0.0949. The minimum Gasteiger partial charge on any atom is -0.493 e. The number of amides is 2. The van der Waals surface area contributed by atoms with Gasteiger partial charge in [-0.2, -0.15) is 0 Å². The van der Waals surface area contributed by atoms with Crippen molar-refractivity contribution in [1.82, 2.24) is 9.80 Å². The summed E-state index contributed by atoms with van der Waals surface area (Å²) in [6, 6.07) is 8.12. The van der Waals surface area contributed by atoms with Gasteiger partial charge in [-0.05, 0) is 95.2 Å². The fourth-order valence-electron chi connectivity index (χ4n) is 8.74. The summed E-state index contributed by atoms with van der Waals surface area (Å²) in [5.74, 6) is 4.40. The Kier molecular flexibility index (Phi) is 11.5. The van der Waals surface area contributed by atoms with E-state index in [1.807, 2.05) is 46.2 Å². The van der Waals surface area contributed by atoms with E-state index in [0.29, 0.717) is 23.3 Å². The molecule has 0 spiro atoms. The van der Waals surface area contributed by atoms with Gasteiger partial charge >= 0.3 is 0 Å². The standard InChI is InChI=1S/C45H58N2O6/c1-44(2)34(24-32-26-38(50-5)40(52-7)28-36(32)44)12-14-42(48)46-20-16-30(17-21-46)10-9-11-31-18-22-47(23-19-31)43(49)15-13-35-25-33-27-39(51-6)41(53-8)29-37(33)45(35,3)4/h12-15,24-31H,9-11,16-23H2,1-8H3/b14-12+,15-13+. The lowest BCUT2D eigenvalue weighted by Gasteiger charge is -2.33. The smallest absolute Gasteiger partial charge is 0.246 e. The number of hydrogen-bond donors (Lipinski definition) is 0. The number of carbonyl (C=O) groups is 2. The van der Waals surface area contributed by atoms with E-state index in [1.54, 1.807) is 40.6 Å². The minimum atomic E-state index is -0.230. The van der Waals surface area contributed by atoms with Gasteiger partial charge in [0.25, 0.3) is 0 Å². The lowest BCUT2D eigenvalue weighted by molar-refractivity contribution is -0.128. The van der Waals surface area contributed by atoms with Crippen LogP contribution in [0.15, 0.2) is 59.7 Å². The molecule has 0 N–H and O–H groups in total. The summed E-state index contributed by atoms with van der Waals surface area (Å²) in [7, 11) is 6.61. The zero-order valence-corrected chi connectivity index (χ0v) is 33.1. The second-order valence-electron chi connectivity index (χ2n) is 16.2. The molecule has 0 unspecified atom stereocenters. The first-order valence-corrected chi connectivity index (χ1v) is 19.3. The van der Waals surface area contributed by atoms with Crippen molar-refractivity contribution in [3.8, 4) is 23.0 Å². The topological polar surface area (TPSA) is 77.5 Å². The Balaban J connectivity index is 0.904. The van der Waals surface area contributed by atoms with Crippen LogP contribution in [0, 0.1) is 11.8 Å². The molecule has 2 saturated heterocycles. The number of nitrogens with zero attached hydrogens (tertiary/aromatic N) is 2. The van der Waals surface area contributed by atoms with E-state index >= 15 is 0 Å². The fourth-order valence-corrected chi connectivity index (χ4v) is 8.74. The molecule has 4 aliphatic rings. The van der Waals surface area contributed by atoms with Crippen molar-refractivity contribution in [3.05, 3.63) is 82.0 Å². The monoisotopic (exact) mass is 722 g/mol. The average molecular weight is 723 g/mol. The molecule has 6 rings (SSSR count). The predicted molar refractivity (Wildman–Crippen MR) is 212 cm³/mol. The summed E-state index contributed by atoms with van der Waals surface area (Å²) in [5.41, 5.74) is 6.31. The Morgan fingerprint density at radius 2 is 0.943 bits per heavy atom. The number of rotatable bonds is 12. The first-order valence-electron chi connectivity index (χ1n) is 19.3. The van der Waals surface area contributed by atoms with Crippen LogP contribution in [0.5, 0.6) is 23.0 Å². The molecule has 0 atom stereocenters. The second kappa shape index (κ2) is 15.9. The summed E-state index contributed by atoms with van der Waals surface area (Å²) < 4.78 is 22.1. The Morgan fingerprint density at radius 3 is 1.28 bits per heavy atom. The third kappa shape index (κ3) is 7.92. The molecule has 8 heteroatoms. The molecule has 0 radical (unpaired) electrons. The maximum Gasteiger partial charge on any atom is 0.246 e. The highest BCUT2D eigenvalue weighted by Crippen LogP contribution is 2.47. The first-order chi connectivity index (χ1) is 25.4. The maximum atomic E-state index is 13.2. The number of benzene rings is 2. The third-order valence-corrected chi connectivity index (χ3v) is 12.4. The van der Waals surface area contributed by atoms with E-state index in [9.17, 15) is 9.59 Å². The van der Waals surface area contributed by atoms with Gasteiger partial charge in [0.1, 0.15) is 0 Å². The van der Waals surface area contributed by atoms with Crippen molar-refractivity contribution in [2.45, 2.75) is 83.5 Å². The van der Waals surface area contributed by atoms with E-state index in [1.165, 1.54) is 30.4 Å². The van der Waals surface area contributed by atoms with Crippen LogP contribution in [-0.2, 0) is 20.4 Å². The number of methoxy groups -OCH3 is 4. The van der Waals surface area contributed by atoms with Crippen LogP contribution in [0.25, 0.3) is 12.2 Å². The Labute approximate surface area is 316 Å². The van der Waals surface area contributed by atoms with Gasteiger partial charge in [-0.3, -0.25) is 9.59 Å². The molecule has 0 bridgehead atoms. The predicted octanol–water partition coefficient (Wildman–Crippen LogP) is 8.53. The molecule has 2 amide bonds. The van der Waals surface area contributed by atoms with Crippen LogP contribution >= 0.6 is 0 Å². The van der Waals surface area contributed by atoms with Crippen molar-refractivity contribution in [2.24, 2.45) is 11.8 Å². The van der Waals surface area contributed by atoms with Gasteiger partial charge in [-0.15, -0.1) is 0 Å². The fraction of sp³-hybridized carbons (Fsp3) is 0.511. The van der Waals surface area contributed by atoms with Crippen molar-refractivity contribution in [2.75, 3.05) is 54.6 Å². The molecule has 8 nitrogen and oxygen atoms in total. The third-order valence-electron chi connectivity index (χ3n) is 12.4. The molecule has 0 saturated carbocycles. The normalized spacial score (nSPS) is 19.6. The lowest BCUT2D eigenvalue weighted by atomic mass is 9.81. The van der Waals surface area contributed by atoms with Crippen molar-refractivity contribution < 1.29 is 28.5 Å². The number of carbonyl (C=O) groups excluding carboxylic acids is 2. The number of ether oxygens (including phenoxy) is 4. The van der Waals surface area contributed by atoms with Crippen molar-refractivity contribution >= 4 is 24.0 Å². The number of allylic oxidation sites excluding steroid dienone is 4. The van der Waals surface area contributed by atoms with Gasteiger partial charge in [-0.25, -0.2) is 0 Å². The lowest BCUT2D eigenvalue weighted by Crippen LogP contribution is -2.38. The summed E-state index contributed by atoms with van der Waals surface area (Å²) in [4.78, 5) is 30.4. The van der Waals surface area contributed by atoms with E-state index < -0.39 is 0 Å². The van der Waals surface area contributed by atoms with Gasteiger partial charge < -0.3 is 28.7 Å². The molecule has 2 aromatic rings. The molecule has 284 valence electrons. The Bertz CT molecular complexity index is 1680. The average Bonchev–Trinajstić information content (AvgIpc) is 3.57. The SMILES string of the molecule is COc1cc2c(cc1OC)C(C)(C)C(/C=C/C(=O)N1CCC(CCCC3CCN(C(=O)/C=C/C4=Cc5cc(OC)c(OC)cc5C4(C)C)CC3)CC1)=C2. The molecular formula is C45H58N2O6. The highest BCUT2D eigenvalue weighted by Gasteiger charge is 2.35. The van der Waals surface area contributed by atoms with Gasteiger partial charge in [0.05, 0.1) is 28.4 Å². The Morgan fingerprint density at radius 1 is 0.604 bits per heavy atom. The van der Waals surface area contributed by atoms with Crippen LogP contribution in [0.4, 0.5) is 0 Å². The summed E-state index contributed by atoms with van der Waals surface area (Å²) in [6.45, 7) is 12.0. The van der Waals surface area contributed by atoms with Crippen molar-refractivity contribution in [3.63, 3.8) is 0 Å². The molecule has 2 aliphatic heterocycles. The molecule has 0 aromatic heterocycles. The molecule has 2 aliphatic carbocycles. The van der Waals surface area contributed by atoms with Gasteiger partial charge in [0.2, 0.25) is 11.8 Å². The van der Waals surface area contributed by atoms with Crippen LogP contribution in [0.3, 0.4) is 0 Å². The van der Waals surface area contributed by atoms with Crippen molar-refractivity contribution in [1.29, 1.82) is 0 Å². The van der Waals surface area contributed by atoms with Crippen LogP contribution in [0.2, 0.25) is 0 Å². The number of likely N-dealkylation sites (tertiary alicyclic amines) is 2. The van der Waals surface area contributed by atoms with Gasteiger partial charge in [0.15, 0.2) is 23.0 Å². The quantitative estimate of drug-likeness (QED) is 0.205. The number of fused-ring (bicyclic) bond motifs is 2. The van der Waals surface area contributed by atoms with Gasteiger partial charge in [0, 0.05) is 49.2 Å². The molecule has 2 fully saturated rings. The Hall–Kier alpha value is -4.46. The maximum absolute atomic E-state index is 13.2. The largest absolute Gasteiger partial charge is 0.493 e. The van der Waals surface area contributed by atoms with E-state index in [2.05, 4.69) is 39.8 Å².